The van der Waals surface area contributed by atoms with E-state index in [-0.39, 0.29) is 0 Å². The van der Waals surface area contributed by atoms with E-state index >= 15 is 0 Å². The van der Waals surface area contributed by atoms with Crippen molar-refractivity contribution in [2.75, 3.05) is 6.61 Å². The minimum atomic E-state index is 0.581. The van der Waals surface area contributed by atoms with Crippen LogP contribution in [0.15, 0.2) is 36.9 Å². The molecule has 0 radical (unpaired) electrons. The lowest BCUT2D eigenvalue weighted by molar-refractivity contribution is 0.363. The first-order valence-electron chi connectivity index (χ1n) is 5.19. The first-order chi connectivity index (χ1) is 6.86. The summed E-state index contributed by atoms with van der Waals surface area (Å²) in [5.41, 5.74) is 1.36. The van der Waals surface area contributed by atoms with Crippen LogP contribution in [0.1, 0.15) is 25.3 Å². The Morgan fingerprint density at radius 2 is 2.29 bits per heavy atom. The Balaban J connectivity index is 2.54. The topological polar surface area (TPSA) is 9.23 Å². The largest absolute Gasteiger partial charge is 0.490 e. The second kappa shape index (κ2) is 6.25. The van der Waals surface area contributed by atoms with Gasteiger partial charge in [0.1, 0.15) is 12.4 Å². The Hall–Kier alpha value is -1.24. The summed E-state index contributed by atoms with van der Waals surface area (Å²) in [7, 11) is 0. The molecule has 14 heavy (non-hydrogen) atoms. The molecule has 1 rings (SSSR count). The van der Waals surface area contributed by atoms with E-state index in [0.717, 1.165) is 12.2 Å². The van der Waals surface area contributed by atoms with Crippen molar-refractivity contribution in [1.29, 1.82) is 0 Å². The first-order valence-corrected chi connectivity index (χ1v) is 5.19. The molecule has 76 valence electrons. The van der Waals surface area contributed by atoms with Gasteiger partial charge in [0.25, 0.3) is 0 Å². The predicted octanol–water partition coefficient (Wildman–Crippen LogP) is 3.59. The Kier molecular flexibility index (Phi) is 4.84. The third-order valence-electron chi connectivity index (χ3n) is 2.09. The van der Waals surface area contributed by atoms with Gasteiger partial charge in [-0.25, -0.2) is 0 Å². The van der Waals surface area contributed by atoms with Gasteiger partial charge in [0.05, 0.1) is 0 Å². The van der Waals surface area contributed by atoms with E-state index in [0.29, 0.717) is 6.61 Å². The van der Waals surface area contributed by atoms with Gasteiger partial charge in [-0.3, -0.25) is 0 Å². The fraction of sp³-hybridized carbons (Fsp3) is 0.385. The molecular formula is C13H18O. The molecule has 0 bridgehead atoms. The van der Waals surface area contributed by atoms with Crippen molar-refractivity contribution < 1.29 is 4.74 Å². The quantitative estimate of drug-likeness (QED) is 0.623. The maximum atomic E-state index is 5.46. The van der Waals surface area contributed by atoms with Gasteiger partial charge in [-0.05, 0) is 30.5 Å². The van der Waals surface area contributed by atoms with Gasteiger partial charge >= 0.3 is 0 Å². The highest BCUT2D eigenvalue weighted by molar-refractivity contribution is 5.28. The molecule has 0 aliphatic rings. The van der Waals surface area contributed by atoms with E-state index < -0.39 is 0 Å². The smallest absolute Gasteiger partial charge is 0.120 e. The fourth-order valence-electron chi connectivity index (χ4n) is 1.33. The number of rotatable bonds is 6. The van der Waals surface area contributed by atoms with E-state index in [1.54, 1.807) is 6.08 Å². The lowest BCUT2D eigenvalue weighted by Crippen LogP contribution is -1.93. The van der Waals surface area contributed by atoms with Crippen molar-refractivity contribution in [3.8, 4) is 5.75 Å². The fourth-order valence-corrected chi connectivity index (χ4v) is 1.33. The number of ether oxygens (including phenoxy) is 1. The van der Waals surface area contributed by atoms with Crippen molar-refractivity contribution in [1.82, 2.24) is 0 Å². The third-order valence-corrected chi connectivity index (χ3v) is 2.09. The van der Waals surface area contributed by atoms with Gasteiger partial charge in [-0.2, -0.15) is 0 Å². The monoisotopic (exact) mass is 190 g/mol. The number of unbranched alkanes of at least 4 members (excludes halogenated alkanes) is 1. The van der Waals surface area contributed by atoms with Gasteiger partial charge in [-0.1, -0.05) is 38.1 Å². The van der Waals surface area contributed by atoms with Crippen LogP contribution >= 0.6 is 0 Å². The maximum absolute atomic E-state index is 5.46. The summed E-state index contributed by atoms with van der Waals surface area (Å²) in [6.45, 7) is 6.41. The molecule has 0 saturated heterocycles. The number of benzene rings is 1. The van der Waals surface area contributed by atoms with Gasteiger partial charge in [-0.15, -0.1) is 0 Å². The summed E-state index contributed by atoms with van der Waals surface area (Å²) < 4.78 is 5.46. The van der Waals surface area contributed by atoms with Crippen LogP contribution < -0.4 is 4.74 Å². The second-order valence-electron chi connectivity index (χ2n) is 3.35. The lowest BCUT2D eigenvalue weighted by Gasteiger charge is -2.05. The van der Waals surface area contributed by atoms with Gasteiger partial charge in [0.2, 0.25) is 0 Å². The van der Waals surface area contributed by atoms with Crippen molar-refractivity contribution in [3.63, 3.8) is 0 Å². The normalized spacial score (nSPS) is 9.79. The minimum Gasteiger partial charge on any atom is -0.490 e. The Labute approximate surface area is 86.4 Å². The van der Waals surface area contributed by atoms with Crippen molar-refractivity contribution in [3.05, 3.63) is 42.5 Å². The molecule has 0 aliphatic heterocycles. The Morgan fingerprint density at radius 3 is 3.00 bits per heavy atom. The number of hydrogen-bond acceptors (Lipinski definition) is 1. The molecule has 0 aromatic heterocycles. The molecule has 0 amide bonds. The molecule has 0 aliphatic carbocycles. The molecular weight excluding hydrogens is 172 g/mol. The summed E-state index contributed by atoms with van der Waals surface area (Å²) in [6, 6.07) is 8.29. The van der Waals surface area contributed by atoms with E-state index in [1.165, 1.54) is 18.4 Å². The summed E-state index contributed by atoms with van der Waals surface area (Å²) in [5, 5.41) is 0. The molecule has 0 atom stereocenters. The molecule has 0 fully saturated rings. The molecule has 0 spiro atoms. The van der Waals surface area contributed by atoms with Crippen LogP contribution in [0.3, 0.4) is 0 Å². The minimum absolute atomic E-state index is 0.581. The zero-order valence-corrected chi connectivity index (χ0v) is 8.83. The standard InChI is InChI=1S/C13H18O/c1-3-5-7-12-8-6-9-13(11-12)14-10-4-2/h4,6,8-9,11H,2-3,5,7,10H2,1H3. The van der Waals surface area contributed by atoms with Crippen LogP contribution in [0.4, 0.5) is 0 Å². The van der Waals surface area contributed by atoms with E-state index in [1.807, 2.05) is 12.1 Å². The van der Waals surface area contributed by atoms with Crippen LogP contribution in [-0.4, -0.2) is 6.61 Å². The molecule has 0 heterocycles. The summed E-state index contributed by atoms with van der Waals surface area (Å²) in [5.74, 6) is 0.943. The Morgan fingerprint density at radius 1 is 1.43 bits per heavy atom. The van der Waals surface area contributed by atoms with Crippen LogP contribution in [-0.2, 0) is 6.42 Å². The van der Waals surface area contributed by atoms with Gasteiger partial charge < -0.3 is 4.74 Å². The molecule has 1 nitrogen and oxygen atoms in total. The van der Waals surface area contributed by atoms with Crippen molar-refractivity contribution >= 4 is 0 Å². The van der Waals surface area contributed by atoms with E-state index in [2.05, 4.69) is 25.6 Å². The van der Waals surface area contributed by atoms with Gasteiger partial charge in [0, 0.05) is 0 Å². The highest BCUT2D eigenvalue weighted by atomic mass is 16.5. The summed E-state index contributed by atoms with van der Waals surface area (Å²) in [4.78, 5) is 0. The SMILES string of the molecule is C=CCOc1cccc(CCCC)c1. The second-order valence-corrected chi connectivity index (χ2v) is 3.35. The van der Waals surface area contributed by atoms with Crippen LogP contribution in [0.25, 0.3) is 0 Å². The zero-order valence-electron chi connectivity index (χ0n) is 8.83. The molecule has 1 aromatic rings. The van der Waals surface area contributed by atoms with Gasteiger partial charge in [0.15, 0.2) is 0 Å². The van der Waals surface area contributed by atoms with Crippen molar-refractivity contribution in [2.45, 2.75) is 26.2 Å². The molecule has 0 unspecified atom stereocenters. The molecule has 1 heteroatoms. The highest BCUT2D eigenvalue weighted by Gasteiger charge is 1.95. The number of aryl methyl sites for hydroxylation is 1. The maximum Gasteiger partial charge on any atom is 0.120 e. The molecule has 0 saturated carbocycles. The molecule has 1 aromatic carbocycles. The van der Waals surface area contributed by atoms with Crippen LogP contribution in [0, 0.1) is 0 Å². The summed E-state index contributed by atoms with van der Waals surface area (Å²) in [6.07, 6.45) is 5.38. The average molecular weight is 190 g/mol. The van der Waals surface area contributed by atoms with Crippen LogP contribution in [0.5, 0.6) is 5.75 Å². The summed E-state index contributed by atoms with van der Waals surface area (Å²) >= 11 is 0. The van der Waals surface area contributed by atoms with E-state index in [9.17, 15) is 0 Å². The first kappa shape index (κ1) is 10.8. The number of hydrogen-bond donors (Lipinski definition) is 0. The van der Waals surface area contributed by atoms with E-state index in [4.69, 9.17) is 4.74 Å². The lowest BCUT2D eigenvalue weighted by atomic mass is 10.1. The highest BCUT2D eigenvalue weighted by Crippen LogP contribution is 2.14. The predicted molar refractivity (Wildman–Crippen MR) is 60.7 cm³/mol. The van der Waals surface area contributed by atoms with Crippen molar-refractivity contribution in [2.24, 2.45) is 0 Å². The molecule has 0 N–H and O–H groups in total. The van der Waals surface area contributed by atoms with Crippen LogP contribution in [0.2, 0.25) is 0 Å². The zero-order chi connectivity index (χ0) is 10.2. The Bertz CT molecular complexity index is 278. The average Bonchev–Trinajstić information content (AvgIpc) is 2.24. The third kappa shape index (κ3) is 3.65.